The van der Waals surface area contributed by atoms with E-state index in [1.165, 1.54) is 0 Å². The summed E-state index contributed by atoms with van der Waals surface area (Å²) in [7, 11) is 0. The molecule has 2 N–H and O–H groups in total. The second kappa shape index (κ2) is 7.59. The number of carbonyl (C=O) groups is 1. The topological polar surface area (TPSA) is 75.1 Å². The summed E-state index contributed by atoms with van der Waals surface area (Å²) in [6.07, 6.45) is 5.25. The van der Waals surface area contributed by atoms with Crippen LogP contribution in [0.15, 0.2) is 76.6 Å². The molecular weight excluding hydrogens is 406 g/mol. The van der Waals surface area contributed by atoms with E-state index in [0.717, 1.165) is 26.5 Å². The molecule has 4 rings (SSSR count). The number of hydrogen-bond acceptors (Lipinski definition) is 3. The normalized spacial score (nSPS) is 11.3. The van der Waals surface area contributed by atoms with Crippen molar-refractivity contribution in [2.24, 2.45) is 5.10 Å². The molecule has 0 saturated heterocycles. The van der Waals surface area contributed by atoms with Crippen molar-refractivity contribution in [1.82, 2.24) is 20.2 Å². The fraction of sp³-hybridized carbons (Fsp3) is 0.0500. The van der Waals surface area contributed by atoms with Crippen LogP contribution in [0, 0.1) is 0 Å². The Labute approximate surface area is 164 Å². The van der Waals surface area contributed by atoms with E-state index >= 15 is 0 Å². The Hall–Kier alpha value is -3.19. The molecule has 0 aliphatic carbocycles. The first-order chi connectivity index (χ1) is 13.2. The molecule has 7 heteroatoms. The summed E-state index contributed by atoms with van der Waals surface area (Å²) in [6.45, 7) is 0.589. The number of hydrazone groups is 1. The second-order valence-corrected chi connectivity index (χ2v) is 6.93. The molecule has 4 aromatic rings. The van der Waals surface area contributed by atoms with E-state index in [1.807, 2.05) is 54.7 Å². The van der Waals surface area contributed by atoms with Gasteiger partial charge in [-0.1, -0.05) is 46.3 Å². The molecule has 27 heavy (non-hydrogen) atoms. The first-order valence-electron chi connectivity index (χ1n) is 8.36. The van der Waals surface area contributed by atoms with E-state index in [2.05, 4.69) is 36.5 Å². The minimum absolute atomic E-state index is 0.320. The molecule has 134 valence electrons. The first kappa shape index (κ1) is 17.2. The van der Waals surface area contributed by atoms with Crippen molar-refractivity contribution in [3.63, 3.8) is 0 Å². The van der Waals surface area contributed by atoms with E-state index in [1.54, 1.807) is 23.2 Å². The number of H-pyrrole nitrogens is 1. The number of carbonyl (C=O) groups excluding carboxylic acids is 1. The van der Waals surface area contributed by atoms with Crippen LogP contribution in [-0.4, -0.2) is 26.9 Å². The van der Waals surface area contributed by atoms with E-state index in [4.69, 9.17) is 0 Å². The molecular formula is C20H16BrN5O. The molecule has 2 heterocycles. The fourth-order valence-electron chi connectivity index (χ4n) is 2.81. The van der Waals surface area contributed by atoms with Gasteiger partial charge in [0.05, 0.1) is 12.8 Å². The number of rotatable bonds is 5. The Kier molecular flexibility index (Phi) is 4.84. The van der Waals surface area contributed by atoms with Gasteiger partial charge in [0.2, 0.25) is 0 Å². The average Bonchev–Trinajstić information content (AvgIpc) is 3.29. The predicted octanol–water partition coefficient (Wildman–Crippen LogP) is 3.94. The minimum Gasteiger partial charge on any atom is -0.361 e. The maximum Gasteiger partial charge on any atom is 0.291 e. The molecule has 2 aromatic heterocycles. The van der Waals surface area contributed by atoms with Crippen LogP contribution in [0.25, 0.3) is 10.9 Å². The summed E-state index contributed by atoms with van der Waals surface area (Å²) in [5, 5.41) is 9.40. The van der Waals surface area contributed by atoms with Gasteiger partial charge in [-0.05, 0) is 29.8 Å². The summed E-state index contributed by atoms with van der Waals surface area (Å²) < 4.78 is 2.73. The molecule has 0 aliphatic rings. The molecule has 0 atom stereocenters. The summed E-state index contributed by atoms with van der Waals surface area (Å²) in [6, 6.07) is 17.6. The Morgan fingerprint density at radius 2 is 2.11 bits per heavy atom. The standard InChI is InChI=1S/C20H16BrN5O/c21-16-5-3-4-14(10-16)13-26-9-8-19(25-26)20(27)24-23-12-15-11-22-18-7-2-1-6-17(15)18/h1-12,22H,13H2,(H,24,27)/b23-12-. The third-order valence-corrected chi connectivity index (χ3v) is 4.59. The Balaban J connectivity index is 1.41. The van der Waals surface area contributed by atoms with Crippen molar-refractivity contribution in [2.45, 2.75) is 6.54 Å². The van der Waals surface area contributed by atoms with Gasteiger partial charge in [-0.2, -0.15) is 10.2 Å². The number of amides is 1. The van der Waals surface area contributed by atoms with Crippen LogP contribution in [0.4, 0.5) is 0 Å². The summed E-state index contributed by atoms with van der Waals surface area (Å²) >= 11 is 3.45. The van der Waals surface area contributed by atoms with Gasteiger partial charge in [-0.25, -0.2) is 5.43 Å². The molecule has 6 nitrogen and oxygen atoms in total. The smallest absolute Gasteiger partial charge is 0.291 e. The van der Waals surface area contributed by atoms with Gasteiger partial charge in [-0.3, -0.25) is 9.48 Å². The SMILES string of the molecule is O=C(N/N=C\c1c[nH]c2ccccc12)c1ccn(Cc2cccc(Br)c2)n1. The maximum absolute atomic E-state index is 12.2. The molecule has 2 aromatic carbocycles. The van der Waals surface area contributed by atoms with Gasteiger partial charge in [0.1, 0.15) is 0 Å². The zero-order valence-electron chi connectivity index (χ0n) is 14.3. The lowest BCUT2D eigenvalue weighted by Crippen LogP contribution is -2.18. The van der Waals surface area contributed by atoms with Crippen molar-refractivity contribution in [1.29, 1.82) is 0 Å². The average molecular weight is 422 g/mol. The lowest BCUT2D eigenvalue weighted by atomic mass is 10.2. The van der Waals surface area contributed by atoms with Gasteiger partial charge in [-0.15, -0.1) is 0 Å². The van der Waals surface area contributed by atoms with Crippen LogP contribution in [0.1, 0.15) is 21.6 Å². The predicted molar refractivity (Wildman–Crippen MR) is 109 cm³/mol. The second-order valence-electron chi connectivity index (χ2n) is 6.02. The molecule has 0 unspecified atom stereocenters. The number of aromatic nitrogens is 3. The van der Waals surface area contributed by atoms with Gasteiger partial charge in [0.15, 0.2) is 5.69 Å². The molecule has 0 bridgehead atoms. The van der Waals surface area contributed by atoms with Crippen molar-refractivity contribution in [3.05, 3.63) is 88.3 Å². The largest absolute Gasteiger partial charge is 0.361 e. The maximum atomic E-state index is 12.2. The molecule has 0 spiro atoms. The van der Waals surface area contributed by atoms with E-state index < -0.39 is 0 Å². The van der Waals surface area contributed by atoms with Gasteiger partial charge in [0, 0.05) is 33.3 Å². The summed E-state index contributed by atoms with van der Waals surface area (Å²) in [5.74, 6) is -0.348. The van der Waals surface area contributed by atoms with E-state index in [-0.39, 0.29) is 5.91 Å². The highest BCUT2D eigenvalue weighted by molar-refractivity contribution is 9.10. The summed E-state index contributed by atoms with van der Waals surface area (Å²) in [5.41, 5.74) is 5.87. The highest BCUT2D eigenvalue weighted by Crippen LogP contribution is 2.15. The van der Waals surface area contributed by atoms with Crippen LogP contribution in [0.5, 0.6) is 0 Å². The number of benzene rings is 2. The first-order valence-corrected chi connectivity index (χ1v) is 9.16. The molecule has 0 saturated carbocycles. The number of hydrogen-bond donors (Lipinski definition) is 2. The Morgan fingerprint density at radius 1 is 1.22 bits per heavy atom. The highest BCUT2D eigenvalue weighted by atomic mass is 79.9. The van der Waals surface area contributed by atoms with Crippen LogP contribution in [0.2, 0.25) is 0 Å². The summed E-state index contributed by atoms with van der Waals surface area (Å²) in [4.78, 5) is 15.4. The third-order valence-electron chi connectivity index (χ3n) is 4.10. The van der Waals surface area contributed by atoms with Gasteiger partial charge < -0.3 is 4.98 Å². The number of halogens is 1. The van der Waals surface area contributed by atoms with Crippen molar-refractivity contribution in [2.75, 3.05) is 0 Å². The number of nitrogens with zero attached hydrogens (tertiary/aromatic N) is 3. The van der Waals surface area contributed by atoms with Crippen LogP contribution in [0.3, 0.4) is 0 Å². The number of nitrogens with one attached hydrogen (secondary N) is 2. The third kappa shape index (κ3) is 3.98. The highest BCUT2D eigenvalue weighted by Gasteiger charge is 2.09. The minimum atomic E-state index is -0.348. The van der Waals surface area contributed by atoms with Crippen LogP contribution >= 0.6 is 15.9 Å². The monoisotopic (exact) mass is 421 g/mol. The molecule has 0 aliphatic heterocycles. The van der Waals surface area contributed by atoms with Crippen LogP contribution in [-0.2, 0) is 6.54 Å². The van der Waals surface area contributed by atoms with Crippen LogP contribution < -0.4 is 5.43 Å². The number of para-hydroxylation sites is 1. The number of aromatic amines is 1. The quantitative estimate of drug-likeness (QED) is 0.378. The lowest BCUT2D eigenvalue weighted by molar-refractivity contribution is 0.0949. The lowest BCUT2D eigenvalue weighted by Gasteiger charge is -2.02. The molecule has 1 amide bonds. The van der Waals surface area contributed by atoms with Crippen molar-refractivity contribution < 1.29 is 4.79 Å². The fourth-order valence-corrected chi connectivity index (χ4v) is 3.26. The van der Waals surface area contributed by atoms with Gasteiger partial charge in [0.25, 0.3) is 5.91 Å². The molecule has 0 radical (unpaired) electrons. The zero-order valence-corrected chi connectivity index (χ0v) is 15.8. The number of fused-ring (bicyclic) bond motifs is 1. The van der Waals surface area contributed by atoms with Crippen molar-refractivity contribution >= 4 is 39.0 Å². The van der Waals surface area contributed by atoms with E-state index in [9.17, 15) is 4.79 Å². The Morgan fingerprint density at radius 3 is 3.00 bits per heavy atom. The van der Waals surface area contributed by atoms with E-state index in [0.29, 0.717) is 12.2 Å². The Bertz CT molecular complexity index is 1130. The van der Waals surface area contributed by atoms with Crippen molar-refractivity contribution in [3.8, 4) is 0 Å². The zero-order chi connectivity index (χ0) is 18.6. The van der Waals surface area contributed by atoms with Gasteiger partial charge >= 0.3 is 0 Å². The molecule has 0 fully saturated rings.